The van der Waals surface area contributed by atoms with Gasteiger partial charge in [-0.25, -0.2) is 4.79 Å². The highest BCUT2D eigenvalue weighted by Crippen LogP contribution is 2.40. The molecular weight excluding hydrogens is 364 g/mol. The van der Waals surface area contributed by atoms with Crippen molar-refractivity contribution in [1.82, 2.24) is 0 Å². The Morgan fingerprint density at radius 3 is 2.96 bits per heavy atom. The van der Waals surface area contributed by atoms with Crippen molar-refractivity contribution in [2.45, 2.75) is 32.6 Å². The second-order valence-corrected chi connectivity index (χ2v) is 8.50. The lowest BCUT2D eigenvalue weighted by Crippen LogP contribution is -2.33. The van der Waals surface area contributed by atoms with Crippen LogP contribution in [-0.2, 0) is 24.0 Å². The lowest BCUT2D eigenvalue weighted by Gasteiger charge is -2.21. The predicted molar refractivity (Wildman–Crippen MR) is 111 cm³/mol. The number of esters is 1. The summed E-state index contributed by atoms with van der Waals surface area (Å²) < 4.78 is 5.06. The summed E-state index contributed by atoms with van der Waals surface area (Å²) in [5, 5.41) is 4.83. The highest BCUT2D eigenvalue weighted by atomic mass is 32.1. The lowest BCUT2D eigenvalue weighted by atomic mass is 9.88. The Hall–Kier alpha value is -1.92. The highest BCUT2D eigenvalue weighted by Gasteiger charge is 2.30. The van der Waals surface area contributed by atoms with Gasteiger partial charge in [0.05, 0.1) is 12.7 Å². The number of methoxy groups -OCH3 is 1. The molecule has 0 unspecified atom stereocenters. The summed E-state index contributed by atoms with van der Waals surface area (Å²) in [5.74, 6) is 0.376. The fourth-order valence-electron chi connectivity index (χ4n) is 3.87. The quantitative estimate of drug-likeness (QED) is 0.611. The molecule has 136 valence electrons. The summed E-state index contributed by atoms with van der Waals surface area (Å²) in [4.78, 5) is 15.8. The summed E-state index contributed by atoms with van der Waals surface area (Å²) in [6, 6.07) is 8.33. The van der Waals surface area contributed by atoms with Gasteiger partial charge < -0.3 is 15.0 Å². The van der Waals surface area contributed by atoms with Crippen LogP contribution in [0.3, 0.4) is 0 Å². The van der Waals surface area contributed by atoms with Gasteiger partial charge in [-0.3, -0.25) is 0 Å². The standard InChI is InChI=1S/C20H22N2O2S2/c1-12-7-8-14-16(11-12)26-18(17(14)19(23)24-2)21-20(25)22-10-9-13-5-3-4-6-15(13)22/h3-6,12H,7-11H2,1-2H3,(H,21,25)/t12-/m0/s1. The van der Waals surface area contributed by atoms with E-state index in [2.05, 4.69) is 35.3 Å². The second kappa shape index (κ2) is 7.00. The first kappa shape index (κ1) is 17.5. The zero-order valence-corrected chi connectivity index (χ0v) is 16.6. The van der Waals surface area contributed by atoms with Gasteiger partial charge in [-0.1, -0.05) is 25.1 Å². The molecule has 2 aliphatic rings. The van der Waals surface area contributed by atoms with Crippen LogP contribution in [0.15, 0.2) is 24.3 Å². The van der Waals surface area contributed by atoms with Crippen molar-refractivity contribution in [2.24, 2.45) is 5.92 Å². The van der Waals surface area contributed by atoms with E-state index in [9.17, 15) is 4.79 Å². The molecule has 26 heavy (non-hydrogen) atoms. The molecule has 0 saturated heterocycles. The number of hydrogen-bond donors (Lipinski definition) is 1. The highest BCUT2D eigenvalue weighted by molar-refractivity contribution is 7.80. The first-order chi connectivity index (χ1) is 12.6. The van der Waals surface area contributed by atoms with Crippen molar-refractivity contribution in [3.8, 4) is 0 Å². The van der Waals surface area contributed by atoms with E-state index < -0.39 is 0 Å². The number of carbonyl (C=O) groups excluding carboxylic acids is 1. The molecule has 1 atom stereocenters. The molecule has 0 spiro atoms. The van der Waals surface area contributed by atoms with E-state index in [-0.39, 0.29) is 5.97 Å². The van der Waals surface area contributed by atoms with Crippen LogP contribution < -0.4 is 10.2 Å². The molecule has 1 aromatic heterocycles. The predicted octanol–water partition coefficient (Wildman–Crippen LogP) is 4.42. The van der Waals surface area contributed by atoms with Crippen LogP contribution in [0.5, 0.6) is 0 Å². The summed E-state index contributed by atoms with van der Waals surface area (Å²) >= 11 is 7.34. The molecule has 2 heterocycles. The van der Waals surface area contributed by atoms with E-state index in [1.165, 1.54) is 17.6 Å². The maximum Gasteiger partial charge on any atom is 0.341 e. The minimum atomic E-state index is -0.274. The number of nitrogens with one attached hydrogen (secondary N) is 1. The van der Waals surface area contributed by atoms with Crippen LogP contribution in [-0.4, -0.2) is 24.7 Å². The van der Waals surface area contributed by atoms with Gasteiger partial charge in [0.25, 0.3) is 0 Å². The van der Waals surface area contributed by atoms with Crippen molar-refractivity contribution in [3.63, 3.8) is 0 Å². The van der Waals surface area contributed by atoms with Crippen LogP contribution in [0.2, 0.25) is 0 Å². The van der Waals surface area contributed by atoms with Gasteiger partial charge >= 0.3 is 5.97 Å². The maximum absolute atomic E-state index is 12.4. The van der Waals surface area contributed by atoms with Crippen molar-refractivity contribution < 1.29 is 9.53 Å². The fourth-order valence-corrected chi connectivity index (χ4v) is 5.62. The molecular formula is C20H22N2O2S2. The van der Waals surface area contributed by atoms with Crippen molar-refractivity contribution in [1.29, 1.82) is 0 Å². The van der Waals surface area contributed by atoms with Crippen LogP contribution in [0.4, 0.5) is 10.7 Å². The molecule has 0 radical (unpaired) electrons. The Kier molecular flexibility index (Phi) is 4.71. The van der Waals surface area contributed by atoms with E-state index in [4.69, 9.17) is 17.0 Å². The van der Waals surface area contributed by atoms with Gasteiger partial charge in [0, 0.05) is 17.1 Å². The minimum absolute atomic E-state index is 0.274. The third-order valence-corrected chi connectivity index (χ3v) is 6.75. The van der Waals surface area contributed by atoms with Crippen molar-refractivity contribution in [3.05, 3.63) is 45.8 Å². The summed E-state index contributed by atoms with van der Waals surface area (Å²) in [6.45, 7) is 3.13. The molecule has 1 aliphatic heterocycles. The number of hydrogen-bond acceptors (Lipinski definition) is 4. The molecule has 4 nitrogen and oxygen atoms in total. The number of carbonyl (C=O) groups is 1. The van der Waals surface area contributed by atoms with E-state index in [0.29, 0.717) is 16.6 Å². The Balaban J connectivity index is 1.64. The molecule has 0 fully saturated rings. The van der Waals surface area contributed by atoms with Gasteiger partial charge in [0.1, 0.15) is 5.00 Å². The molecule has 0 amide bonds. The van der Waals surface area contributed by atoms with E-state index in [0.717, 1.165) is 48.5 Å². The molecule has 1 aromatic carbocycles. The molecule has 0 saturated carbocycles. The van der Waals surface area contributed by atoms with Gasteiger partial charge in [0.2, 0.25) is 0 Å². The van der Waals surface area contributed by atoms with Gasteiger partial charge in [-0.2, -0.15) is 0 Å². The zero-order chi connectivity index (χ0) is 18.3. The van der Waals surface area contributed by atoms with Crippen LogP contribution >= 0.6 is 23.6 Å². The minimum Gasteiger partial charge on any atom is -0.465 e. The lowest BCUT2D eigenvalue weighted by molar-refractivity contribution is 0.0601. The summed E-state index contributed by atoms with van der Waals surface area (Å²) in [7, 11) is 1.44. The molecule has 4 rings (SSSR count). The molecule has 2 aromatic rings. The van der Waals surface area contributed by atoms with E-state index >= 15 is 0 Å². The second-order valence-electron chi connectivity index (χ2n) is 7.01. The number of nitrogens with zero attached hydrogens (tertiary/aromatic N) is 1. The van der Waals surface area contributed by atoms with Crippen LogP contribution in [0, 0.1) is 5.92 Å². The van der Waals surface area contributed by atoms with Gasteiger partial charge in [0.15, 0.2) is 5.11 Å². The topological polar surface area (TPSA) is 41.6 Å². The Morgan fingerprint density at radius 2 is 2.15 bits per heavy atom. The van der Waals surface area contributed by atoms with Crippen molar-refractivity contribution in [2.75, 3.05) is 23.9 Å². The normalized spacial score (nSPS) is 18.2. The number of benzene rings is 1. The maximum atomic E-state index is 12.4. The molecule has 1 N–H and O–H groups in total. The number of thiocarbonyl (C=S) groups is 1. The molecule has 1 aliphatic carbocycles. The van der Waals surface area contributed by atoms with Gasteiger partial charge in [-0.05, 0) is 61.0 Å². The number of ether oxygens (including phenoxy) is 1. The Morgan fingerprint density at radius 1 is 1.35 bits per heavy atom. The molecule has 6 heteroatoms. The molecule has 0 bridgehead atoms. The number of fused-ring (bicyclic) bond motifs is 2. The summed E-state index contributed by atoms with van der Waals surface area (Å²) in [5.41, 5.74) is 4.28. The average Bonchev–Trinajstić information content (AvgIpc) is 3.21. The Labute approximate surface area is 163 Å². The largest absolute Gasteiger partial charge is 0.465 e. The fraction of sp³-hybridized carbons (Fsp3) is 0.400. The van der Waals surface area contributed by atoms with Crippen molar-refractivity contribution >= 4 is 45.3 Å². The van der Waals surface area contributed by atoms with E-state index in [1.807, 2.05) is 6.07 Å². The van der Waals surface area contributed by atoms with E-state index in [1.54, 1.807) is 11.3 Å². The van der Waals surface area contributed by atoms with Crippen LogP contribution in [0.25, 0.3) is 0 Å². The first-order valence-corrected chi connectivity index (χ1v) is 10.2. The average molecular weight is 387 g/mol. The number of rotatable bonds is 2. The number of anilines is 2. The number of thiophene rings is 1. The third-order valence-electron chi connectivity index (χ3n) is 5.25. The van der Waals surface area contributed by atoms with Crippen LogP contribution in [0.1, 0.15) is 39.7 Å². The summed E-state index contributed by atoms with van der Waals surface area (Å²) in [6.07, 6.45) is 4.04. The van der Waals surface area contributed by atoms with Gasteiger partial charge in [-0.15, -0.1) is 11.3 Å². The first-order valence-electron chi connectivity index (χ1n) is 8.97. The Bertz CT molecular complexity index is 875. The third kappa shape index (κ3) is 3.01. The zero-order valence-electron chi connectivity index (χ0n) is 15.0. The smallest absolute Gasteiger partial charge is 0.341 e. The monoisotopic (exact) mass is 386 g/mol. The number of para-hydroxylation sites is 1. The SMILES string of the molecule is COC(=O)c1c(NC(=S)N2CCc3ccccc32)sc2c1CC[C@H](C)C2.